The molecule has 1 heterocycles. The first-order chi connectivity index (χ1) is 6.30. The Morgan fingerprint density at radius 1 is 1.50 bits per heavy atom. The SMILES string of the molecule is CC(C)(C)C(=O)C=C1N=C(N)NC1=O. The number of carbonyl (C=O) groups excluding carboxylic acids is 2. The highest BCUT2D eigenvalue weighted by Gasteiger charge is 2.24. The lowest BCUT2D eigenvalue weighted by Crippen LogP contribution is -2.30. The first-order valence-corrected chi connectivity index (χ1v) is 4.22. The topological polar surface area (TPSA) is 84.6 Å². The van der Waals surface area contributed by atoms with E-state index in [2.05, 4.69) is 10.3 Å². The molecule has 1 aliphatic heterocycles. The van der Waals surface area contributed by atoms with Crippen molar-refractivity contribution in [1.82, 2.24) is 5.32 Å². The lowest BCUT2D eigenvalue weighted by Gasteiger charge is -2.12. The van der Waals surface area contributed by atoms with Gasteiger partial charge in [-0.15, -0.1) is 0 Å². The fourth-order valence-corrected chi connectivity index (χ4v) is 0.827. The summed E-state index contributed by atoms with van der Waals surface area (Å²) in [6, 6.07) is 0. The van der Waals surface area contributed by atoms with Crippen LogP contribution in [0.3, 0.4) is 0 Å². The van der Waals surface area contributed by atoms with Gasteiger partial charge in [0.1, 0.15) is 5.70 Å². The van der Waals surface area contributed by atoms with E-state index < -0.39 is 11.3 Å². The molecule has 1 rings (SSSR count). The summed E-state index contributed by atoms with van der Waals surface area (Å²) >= 11 is 0. The lowest BCUT2D eigenvalue weighted by atomic mass is 9.90. The second-order valence-corrected chi connectivity index (χ2v) is 4.09. The van der Waals surface area contributed by atoms with E-state index in [1.807, 2.05) is 0 Å². The van der Waals surface area contributed by atoms with Crippen molar-refractivity contribution in [2.45, 2.75) is 20.8 Å². The van der Waals surface area contributed by atoms with Crippen LogP contribution in [0.25, 0.3) is 0 Å². The van der Waals surface area contributed by atoms with E-state index in [0.717, 1.165) is 0 Å². The number of allylic oxidation sites excluding steroid dienone is 1. The number of nitrogens with zero attached hydrogens (tertiary/aromatic N) is 1. The Kier molecular flexibility index (Phi) is 2.42. The Hall–Kier alpha value is -1.65. The van der Waals surface area contributed by atoms with Crippen molar-refractivity contribution in [1.29, 1.82) is 0 Å². The van der Waals surface area contributed by atoms with Gasteiger partial charge >= 0.3 is 0 Å². The lowest BCUT2D eigenvalue weighted by molar-refractivity contribution is -0.122. The zero-order valence-corrected chi connectivity index (χ0v) is 8.42. The Morgan fingerprint density at radius 2 is 2.07 bits per heavy atom. The van der Waals surface area contributed by atoms with E-state index >= 15 is 0 Å². The zero-order chi connectivity index (χ0) is 10.9. The van der Waals surface area contributed by atoms with Gasteiger partial charge in [0.15, 0.2) is 5.78 Å². The number of carbonyl (C=O) groups is 2. The number of hydrogen-bond donors (Lipinski definition) is 2. The van der Waals surface area contributed by atoms with Crippen LogP contribution in [0.4, 0.5) is 0 Å². The van der Waals surface area contributed by atoms with Gasteiger partial charge in [-0.1, -0.05) is 20.8 Å². The molecule has 0 fully saturated rings. The third-order valence-corrected chi connectivity index (χ3v) is 1.72. The van der Waals surface area contributed by atoms with E-state index in [0.29, 0.717) is 0 Å². The summed E-state index contributed by atoms with van der Waals surface area (Å²) in [6.45, 7) is 5.31. The van der Waals surface area contributed by atoms with Crippen molar-refractivity contribution in [3.63, 3.8) is 0 Å². The predicted molar refractivity (Wildman–Crippen MR) is 52.3 cm³/mol. The van der Waals surface area contributed by atoms with Crippen molar-refractivity contribution in [2.24, 2.45) is 16.1 Å². The molecule has 0 spiro atoms. The number of nitrogens with two attached hydrogens (primary N) is 1. The fourth-order valence-electron chi connectivity index (χ4n) is 0.827. The maximum Gasteiger partial charge on any atom is 0.276 e. The van der Waals surface area contributed by atoms with Crippen LogP contribution in [-0.2, 0) is 9.59 Å². The number of rotatable bonds is 1. The molecule has 0 aromatic rings. The normalized spacial score (nSPS) is 19.5. The number of guanidine groups is 1. The molecule has 1 aliphatic rings. The van der Waals surface area contributed by atoms with E-state index in [-0.39, 0.29) is 17.4 Å². The number of ketones is 1. The van der Waals surface area contributed by atoms with E-state index in [1.54, 1.807) is 20.8 Å². The highest BCUT2D eigenvalue weighted by molar-refractivity contribution is 6.14. The van der Waals surface area contributed by atoms with Gasteiger partial charge in [0.05, 0.1) is 0 Å². The van der Waals surface area contributed by atoms with Crippen LogP contribution in [0, 0.1) is 5.41 Å². The minimum Gasteiger partial charge on any atom is -0.369 e. The van der Waals surface area contributed by atoms with Gasteiger partial charge in [0.25, 0.3) is 5.91 Å². The summed E-state index contributed by atoms with van der Waals surface area (Å²) in [7, 11) is 0. The van der Waals surface area contributed by atoms with Gasteiger partial charge in [0, 0.05) is 11.5 Å². The largest absolute Gasteiger partial charge is 0.369 e. The van der Waals surface area contributed by atoms with Crippen molar-refractivity contribution < 1.29 is 9.59 Å². The minimum atomic E-state index is -0.514. The number of amides is 1. The molecule has 0 bridgehead atoms. The Labute approximate surface area is 82.1 Å². The van der Waals surface area contributed by atoms with Crippen LogP contribution in [0.15, 0.2) is 16.8 Å². The first-order valence-electron chi connectivity index (χ1n) is 4.22. The molecule has 0 aliphatic carbocycles. The summed E-state index contributed by atoms with van der Waals surface area (Å²) in [6.07, 6.45) is 1.22. The minimum absolute atomic E-state index is 0.0305. The quantitative estimate of drug-likeness (QED) is 0.574. The molecule has 3 N–H and O–H groups in total. The molecule has 0 unspecified atom stereocenters. The average molecular weight is 195 g/mol. The highest BCUT2D eigenvalue weighted by atomic mass is 16.2. The van der Waals surface area contributed by atoms with Crippen LogP contribution in [0.5, 0.6) is 0 Å². The summed E-state index contributed by atoms with van der Waals surface area (Å²) < 4.78 is 0. The van der Waals surface area contributed by atoms with Crippen LogP contribution in [-0.4, -0.2) is 17.6 Å². The number of nitrogens with one attached hydrogen (secondary N) is 1. The van der Waals surface area contributed by atoms with Crippen molar-refractivity contribution >= 4 is 17.6 Å². The van der Waals surface area contributed by atoms with Gasteiger partial charge in [-0.25, -0.2) is 4.99 Å². The third-order valence-electron chi connectivity index (χ3n) is 1.72. The van der Waals surface area contributed by atoms with Gasteiger partial charge in [-0.05, 0) is 0 Å². The summed E-state index contributed by atoms with van der Waals surface area (Å²) in [4.78, 5) is 26.3. The maximum absolute atomic E-state index is 11.5. The predicted octanol–water partition coefficient (Wildman–Crippen LogP) is -0.0700. The van der Waals surface area contributed by atoms with Crippen molar-refractivity contribution in [2.75, 3.05) is 0 Å². The summed E-state index contributed by atoms with van der Waals surface area (Å²) in [5.41, 5.74) is 4.82. The molecule has 0 saturated heterocycles. The maximum atomic E-state index is 11.5. The van der Waals surface area contributed by atoms with Crippen LogP contribution < -0.4 is 11.1 Å². The summed E-state index contributed by atoms with van der Waals surface area (Å²) in [5.74, 6) is -0.552. The van der Waals surface area contributed by atoms with Gasteiger partial charge < -0.3 is 5.73 Å². The fraction of sp³-hybridized carbons (Fsp3) is 0.444. The summed E-state index contributed by atoms with van der Waals surface area (Å²) in [5, 5.41) is 2.29. The standard InChI is InChI=1S/C9H13N3O2/c1-9(2,3)6(13)4-5-7(14)12-8(10)11-5/h4H,1-3H3,(H3,10,11,12,14). The molecular formula is C9H13N3O2. The average Bonchev–Trinajstić information content (AvgIpc) is 2.28. The van der Waals surface area contributed by atoms with E-state index in [4.69, 9.17) is 5.73 Å². The second-order valence-electron chi connectivity index (χ2n) is 4.09. The van der Waals surface area contributed by atoms with E-state index in [1.165, 1.54) is 6.08 Å². The van der Waals surface area contributed by atoms with Gasteiger partial charge in [-0.2, -0.15) is 0 Å². The molecule has 5 nitrogen and oxygen atoms in total. The molecule has 14 heavy (non-hydrogen) atoms. The smallest absolute Gasteiger partial charge is 0.276 e. The molecule has 0 aromatic heterocycles. The Morgan fingerprint density at radius 3 is 2.43 bits per heavy atom. The molecule has 0 aromatic carbocycles. The Bertz CT molecular complexity index is 348. The highest BCUT2D eigenvalue weighted by Crippen LogP contribution is 2.17. The van der Waals surface area contributed by atoms with Gasteiger partial charge in [-0.3, -0.25) is 14.9 Å². The molecule has 0 atom stereocenters. The molecule has 1 amide bonds. The molecular weight excluding hydrogens is 182 g/mol. The molecule has 0 saturated carbocycles. The van der Waals surface area contributed by atoms with Crippen molar-refractivity contribution in [3.05, 3.63) is 11.8 Å². The number of hydrogen-bond acceptors (Lipinski definition) is 4. The van der Waals surface area contributed by atoms with Crippen LogP contribution in [0.2, 0.25) is 0 Å². The van der Waals surface area contributed by atoms with Crippen LogP contribution in [0.1, 0.15) is 20.8 Å². The van der Waals surface area contributed by atoms with E-state index in [9.17, 15) is 9.59 Å². The van der Waals surface area contributed by atoms with Gasteiger partial charge in [0.2, 0.25) is 5.96 Å². The molecule has 5 heteroatoms. The van der Waals surface area contributed by atoms with Crippen LogP contribution >= 0.6 is 0 Å². The first kappa shape index (κ1) is 10.4. The zero-order valence-electron chi connectivity index (χ0n) is 8.42. The second kappa shape index (κ2) is 3.25. The number of aliphatic imine (C=N–C) groups is 1. The molecule has 76 valence electrons. The van der Waals surface area contributed by atoms with Crippen molar-refractivity contribution in [3.8, 4) is 0 Å². The Balaban J connectivity index is 2.90. The third kappa shape index (κ3) is 2.18. The monoisotopic (exact) mass is 195 g/mol. The molecule has 0 radical (unpaired) electrons.